The Morgan fingerprint density at radius 1 is 1.14 bits per heavy atom. The Labute approximate surface area is 125 Å². The first-order valence-electron chi connectivity index (χ1n) is 7.19. The van der Waals surface area contributed by atoms with Gasteiger partial charge in [-0.1, -0.05) is 19.1 Å². The average Bonchev–Trinajstić information content (AvgIpc) is 2.49. The first kappa shape index (κ1) is 15.2. The average molecular weight is 288 g/mol. The maximum absolute atomic E-state index is 12.9. The molecule has 0 atom stereocenters. The van der Waals surface area contributed by atoms with Crippen LogP contribution in [0.5, 0.6) is 0 Å². The van der Waals surface area contributed by atoms with E-state index in [4.69, 9.17) is 0 Å². The van der Waals surface area contributed by atoms with Crippen LogP contribution in [0.2, 0.25) is 0 Å². The second kappa shape index (κ2) is 7.02. The van der Waals surface area contributed by atoms with Gasteiger partial charge in [0.2, 0.25) is 0 Å². The summed E-state index contributed by atoms with van der Waals surface area (Å²) in [5, 5.41) is 3.22. The molecule has 0 aliphatic carbocycles. The van der Waals surface area contributed by atoms with Gasteiger partial charge in [0.25, 0.3) is 0 Å². The quantitative estimate of drug-likeness (QED) is 0.886. The highest BCUT2D eigenvalue weighted by atomic mass is 19.1. The van der Waals surface area contributed by atoms with Crippen molar-refractivity contribution in [2.24, 2.45) is 0 Å². The number of aromatic nitrogens is 2. The van der Waals surface area contributed by atoms with Crippen molar-refractivity contribution in [2.45, 2.75) is 26.8 Å². The number of aryl methyl sites for hydroxylation is 1. The Bertz CT molecular complexity index is 583. The van der Waals surface area contributed by atoms with Gasteiger partial charge in [-0.3, -0.25) is 0 Å². The summed E-state index contributed by atoms with van der Waals surface area (Å²) in [6.07, 6.45) is 0.788. The molecule has 0 radical (unpaired) electrons. The zero-order valence-corrected chi connectivity index (χ0v) is 12.7. The van der Waals surface area contributed by atoms with E-state index < -0.39 is 0 Å². The van der Waals surface area contributed by atoms with Gasteiger partial charge in [-0.2, -0.15) is 0 Å². The fourth-order valence-corrected chi connectivity index (χ4v) is 2.05. The Balaban J connectivity index is 2.19. The fourth-order valence-electron chi connectivity index (χ4n) is 2.05. The van der Waals surface area contributed by atoms with Crippen LogP contribution in [0.25, 0.3) is 0 Å². The van der Waals surface area contributed by atoms with Crippen LogP contribution in [0, 0.1) is 5.82 Å². The van der Waals surface area contributed by atoms with E-state index in [2.05, 4.69) is 15.3 Å². The third-order valence-electron chi connectivity index (χ3n) is 3.16. The van der Waals surface area contributed by atoms with E-state index >= 15 is 0 Å². The van der Waals surface area contributed by atoms with E-state index in [1.807, 2.05) is 31.9 Å². The van der Waals surface area contributed by atoms with Crippen molar-refractivity contribution in [3.8, 4) is 0 Å². The molecule has 1 N–H and O–H groups in total. The molecule has 0 unspecified atom stereocenters. The van der Waals surface area contributed by atoms with E-state index in [0.717, 1.165) is 36.0 Å². The van der Waals surface area contributed by atoms with Gasteiger partial charge < -0.3 is 10.2 Å². The van der Waals surface area contributed by atoms with Crippen molar-refractivity contribution >= 4 is 11.6 Å². The third-order valence-corrected chi connectivity index (χ3v) is 3.16. The Kier molecular flexibility index (Phi) is 5.09. The molecule has 112 valence electrons. The summed E-state index contributed by atoms with van der Waals surface area (Å²) in [6.45, 7) is 5.57. The minimum atomic E-state index is -0.217. The first-order valence-corrected chi connectivity index (χ1v) is 7.19. The van der Waals surface area contributed by atoms with Crippen molar-refractivity contribution in [2.75, 3.05) is 23.8 Å². The number of nitrogens with zero attached hydrogens (tertiary/aromatic N) is 3. The van der Waals surface area contributed by atoms with Crippen molar-refractivity contribution in [1.82, 2.24) is 9.97 Å². The van der Waals surface area contributed by atoms with Crippen molar-refractivity contribution in [3.05, 3.63) is 47.5 Å². The predicted octanol–water partition coefficient (Wildman–Crippen LogP) is 3.25. The molecule has 4 nitrogen and oxygen atoms in total. The zero-order valence-electron chi connectivity index (χ0n) is 12.7. The van der Waals surface area contributed by atoms with Crippen LogP contribution in [0.4, 0.5) is 16.0 Å². The maximum Gasteiger partial charge on any atom is 0.134 e. The molecule has 2 aromatic rings. The lowest BCUT2D eigenvalue weighted by molar-refractivity contribution is 0.627. The Morgan fingerprint density at radius 2 is 1.86 bits per heavy atom. The monoisotopic (exact) mass is 288 g/mol. The number of benzene rings is 1. The van der Waals surface area contributed by atoms with Crippen LogP contribution in [0.3, 0.4) is 0 Å². The third kappa shape index (κ3) is 4.15. The lowest BCUT2D eigenvalue weighted by Gasteiger charge is -2.19. The highest BCUT2D eigenvalue weighted by molar-refractivity contribution is 5.49. The van der Waals surface area contributed by atoms with Gasteiger partial charge in [0, 0.05) is 32.6 Å². The van der Waals surface area contributed by atoms with Gasteiger partial charge in [-0.25, -0.2) is 14.4 Å². The van der Waals surface area contributed by atoms with Crippen LogP contribution < -0.4 is 10.2 Å². The van der Waals surface area contributed by atoms with Crippen molar-refractivity contribution < 1.29 is 4.39 Å². The molecule has 1 heterocycles. The number of hydrogen-bond donors (Lipinski definition) is 1. The summed E-state index contributed by atoms with van der Waals surface area (Å²) in [6, 6.07) is 8.47. The molecule has 0 bridgehead atoms. The second-order valence-electron chi connectivity index (χ2n) is 4.89. The molecular formula is C16H21FN4. The zero-order chi connectivity index (χ0) is 15.2. The largest absolute Gasteiger partial charge is 0.370 e. The molecule has 0 fully saturated rings. The highest BCUT2D eigenvalue weighted by Gasteiger charge is 2.08. The molecule has 0 aliphatic heterocycles. The van der Waals surface area contributed by atoms with Gasteiger partial charge in [0.1, 0.15) is 23.3 Å². The van der Waals surface area contributed by atoms with Crippen molar-refractivity contribution in [3.63, 3.8) is 0 Å². The second-order valence-corrected chi connectivity index (χ2v) is 4.89. The molecule has 0 saturated heterocycles. The SMILES string of the molecule is CCNc1cc(N(C)Cc2ccc(F)cc2)nc(CC)n1. The summed E-state index contributed by atoms with van der Waals surface area (Å²) in [5.41, 5.74) is 1.04. The van der Waals surface area contributed by atoms with Crippen LogP contribution in [0.1, 0.15) is 25.2 Å². The molecule has 1 aromatic carbocycles. The minimum Gasteiger partial charge on any atom is -0.370 e. The maximum atomic E-state index is 12.9. The molecular weight excluding hydrogens is 267 g/mol. The minimum absolute atomic E-state index is 0.217. The van der Waals surface area contributed by atoms with Crippen molar-refractivity contribution in [1.29, 1.82) is 0 Å². The molecule has 0 saturated carbocycles. The van der Waals surface area contributed by atoms with E-state index in [-0.39, 0.29) is 5.82 Å². The first-order chi connectivity index (χ1) is 10.1. The van der Waals surface area contributed by atoms with E-state index in [0.29, 0.717) is 6.54 Å². The number of anilines is 2. The normalized spacial score (nSPS) is 10.5. The van der Waals surface area contributed by atoms with Crippen LogP contribution in [0.15, 0.2) is 30.3 Å². The van der Waals surface area contributed by atoms with Crippen LogP contribution >= 0.6 is 0 Å². The number of hydrogen-bond acceptors (Lipinski definition) is 4. The Hall–Kier alpha value is -2.17. The molecule has 2 rings (SSSR count). The van der Waals surface area contributed by atoms with Crippen LogP contribution in [-0.4, -0.2) is 23.6 Å². The standard InChI is InChI=1S/C16H21FN4/c1-4-14-19-15(18-5-2)10-16(20-14)21(3)11-12-6-8-13(17)9-7-12/h6-10H,4-5,11H2,1-3H3,(H,18,19,20). The molecule has 21 heavy (non-hydrogen) atoms. The van der Waals surface area contributed by atoms with Gasteiger partial charge in [0.15, 0.2) is 0 Å². The van der Waals surface area contributed by atoms with Crippen LogP contribution in [-0.2, 0) is 13.0 Å². The molecule has 0 amide bonds. The van der Waals surface area contributed by atoms with Gasteiger partial charge in [0.05, 0.1) is 0 Å². The van der Waals surface area contributed by atoms with Gasteiger partial charge >= 0.3 is 0 Å². The summed E-state index contributed by atoms with van der Waals surface area (Å²) >= 11 is 0. The van der Waals surface area contributed by atoms with Gasteiger partial charge in [-0.05, 0) is 24.6 Å². The summed E-state index contributed by atoms with van der Waals surface area (Å²) in [5.74, 6) is 2.30. The van der Waals surface area contributed by atoms with E-state index in [9.17, 15) is 4.39 Å². The lowest BCUT2D eigenvalue weighted by Crippen LogP contribution is -2.19. The smallest absolute Gasteiger partial charge is 0.134 e. The van der Waals surface area contributed by atoms with E-state index in [1.54, 1.807) is 12.1 Å². The summed E-state index contributed by atoms with van der Waals surface area (Å²) < 4.78 is 12.9. The summed E-state index contributed by atoms with van der Waals surface area (Å²) in [7, 11) is 1.97. The van der Waals surface area contributed by atoms with Gasteiger partial charge in [-0.15, -0.1) is 0 Å². The van der Waals surface area contributed by atoms with E-state index in [1.165, 1.54) is 12.1 Å². The predicted molar refractivity (Wildman–Crippen MR) is 84.1 cm³/mol. The fraction of sp³-hybridized carbons (Fsp3) is 0.375. The number of halogens is 1. The molecule has 1 aromatic heterocycles. The molecule has 0 aliphatic rings. The summed E-state index contributed by atoms with van der Waals surface area (Å²) in [4.78, 5) is 11.0. The number of nitrogens with one attached hydrogen (secondary N) is 1. The Morgan fingerprint density at radius 3 is 2.48 bits per heavy atom. The molecule has 5 heteroatoms. The topological polar surface area (TPSA) is 41.0 Å². The highest BCUT2D eigenvalue weighted by Crippen LogP contribution is 2.17. The molecule has 0 spiro atoms. The number of rotatable bonds is 6. The lowest BCUT2D eigenvalue weighted by atomic mass is 10.2.